The zero-order chi connectivity index (χ0) is 18.8. The molecule has 0 radical (unpaired) electrons. The van der Waals surface area contributed by atoms with Crippen molar-refractivity contribution in [3.05, 3.63) is 64.2 Å². The molecule has 25 heavy (non-hydrogen) atoms. The summed E-state index contributed by atoms with van der Waals surface area (Å²) in [7, 11) is 1.81. The molecule has 0 heterocycles. The number of benzene rings is 2. The van der Waals surface area contributed by atoms with Crippen LogP contribution in [0.15, 0.2) is 36.4 Å². The molecule has 2 aromatic rings. The van der Waals surface area contributed by atoms with Gasteiger partial charge in [0.1, 0.15) is 5.75 Å². The van der Waals surface area contributed by atoms with Crippen molar-refractivity contribution < 1.29 is 4.74 Å². The lowest BCUT2D eigenvalue weighted by atomic mass is 9.72. The molecule has 0 aromatic heterocycles. The predicted octanol–water partition coefficient (Wildman–Crippen LogP) is 6.44. The molecule has 2 aromatic carbocycles. The van der Waals surface area contributed by atoms with Gasteiger partial charge in [-0.1, -0.05) is 84.9 Å². The molecule has 0 aliphatic rings. The average molecular weight is 339 g/mol. The van der Waals surface area contributed by atoms with Crippen LogP contribution in [0.3, 0.4) is 0 Å². The largest absolute Gasteiger partial charge is 0.496 e. The van der Waals surface area contributed by atoms with Crippen molar-refractivity contribution in [3.63, 3.8) is 0 Å². The van der Waals surface area contributed by atoms with Gasteiger partial charge in [0.05, 0.1) is 7.11 Å². The summed E-state index contributed by atoms with van der Waals surface area (Å²) in [5.41, 5.74) is 6.90. The van der Waals surface area contributed by atoms with Gasteiger partial charge in [0, 0.05) is 11.0 Å². The Morgan fingerprint density at radius 1 is 0.800 bits per heavy atom. The molecule has 0 N–H and O–H groups in total. The van der Waals surface area contributed by atoms with E-state index in [1.165, 1.54) is 27.8 Å². The van der Waals surface area contributed by atoms with Gasteiger partial charge >= 0.3 is 0 Å². The molecule has 0 fully saturated rings. The third kappa shape index (κ3) is 3.61. The van der Waals surface area contributed by atoms with Crippen molar-refractivity contribution in [2.45, 2.75) is 72.1 Å². The van der Waals surface area contributed by atoms with E-state index in [0.717, 1.165) is 18.6 Å². The Bertz CT molecular complexity index is 718. The highest BCUT2D eigenvalue weighted by atomic mass is 16.5. The number of rotatable bonds is 5. The first kappa shape index (κ1) is 19.6. The maximum Gasteiger partial charge on any atom is 0.126 e. The number of methoxy groups -OCH3 is 1. The van der Waals surface area contributed by atoms with Crippen molar-refractivity contribution >= 4 is 0 Å². The molecule has 0 aliphatic heterocycles. The maximum atomic E-state index is 5.99. The number of ether oxygens (including phenoxy) is 1. The van der Waals surface area contributed by atoms with Crippen LogP contribution in [-0.2, 0) is 23.7 Å². The van der Waals surface area contributed by atoms with Crippen LogP contribution in [-0.4, -0.2) is 7.11 Å². The van der Waals surface area contributed by atoms with Crippen LogP contribution in [0.4, 0.5) is 0 Å². The third-order valence-electron chi connectivity index (χ3n) is 5.38. The molecule has 0 amide bonds. The highest BCUT2D eigenvalue weighted by Crippen LogP contribution is 2.44. The fourth-order valence-corrected chi connectivity index (χ4v) is 3.91. The minimum absolute atomic E-state index is 0.108. The van der Waals surface area contributed by atoms with E-state index in [0.29, 0.717) is 0 Å². The summed E-state index contributed by atoms with van der Waals surface area (Å²) >= 11 is 0. The quantitative estimate of drug-likeness (QED) is 0.609. The van der Waals surface area contributed by atoms with E-state index in [9.17, 15) is 0 Å². The smallest absolute Gasteiger partial charge is 0.126 e. The molecule has 2 rings (SSSR count). The third-order valence-corrected chi connectivity index (χ3v) is 5.38. The summed E-state index contributed by atoms with van der Waals surface area (Å²) in [5, 5.41) is 0. The fraction of sp³-hybridized carbons (Fsp3) is 0.500. The Balaban J connectivity index is 2.85. The summed E-state index contributed by atoms with van der Waals surface area (Å²) in [6.07, 6.45) is 2.03. The van der Waals surface area contributed by atoms with Gasteiger partial charge in [-0.3, -0.25) is 0 Å². The van der Waals surface area contributed by atoms with E-state index >= 15 is 0 Å². The molecular weight excluding hydrogens is 304 g/mol. The van der Waals surface area contributed by atoms with Crippen molar-refractivity contribution in [2.24, 2.45) is 0 Å². The standard InChI is InChI=1S/C24H34O/c1-9-18-19(10-2)22(25-8)21(16-20(18)23(3,4)5)24(6,7)17-14-12-11-13-15-17/h11-16H,9-10H2,1-8H3. The molecule has 136 valence electrons. The Kier molecular flexibility index (Phi) is 5.66. The summed E-state index contributed by atoms with van der Waals surface area (Å²) < 4.78 is 5.99. The number of hydrogen-bond acceptors (Lipinski definition) is 1. The summed E-state index contributed by atoms with van der Waals surface area (Å²) in [6.45, 7) is 16.0. The summed E-state index contributed by atoms with van der Waals surface area (Å²) in [4.78, 5) is 0. The first-order chi connectivity index (χ1) is 11.7. The summed E-state index contributed by atoms with van der Waals surface area (Å²) in [5.74, 6) is 1.07. The van der Waals surface area contributed by atoms with Gasteiger partial charge in [-0.25, -0.2) is 0 Å². The Morgan fingerprint density at radius 3 is 1.80 bits per heavy atom. The lowest BCUT2D eigenvalue weighted by molar-refractivity contribution is 0.394. The highest BCUT2D eigenvalue weighted by Gasteiger charge is 2.32. The second-order valence-electron chi connectivity index (χ2n) is 8.41. The lowest BCUT2D eigenvalue weighted by Gasteiger charge is -2.34. The van der Waals surface area contributed by atoms with Gasteiger partial charge in [-0.05, 0) is 40.5 Å². The van der Waals surface area contributed by atoms with Crippen molar-refractivity contribution in [2.75, 3.05) is 7.11 Å². The summed E-state index contributed by atoms with van der Waals surface area (Å²) in [6, 6.07) is 13.2. The monoisotopic (exact) mass is 338 g/mol. The van der Waals surface area contributed by atoms with E-state index in [2.05, 4.69) is 84.9 Å². The molecule has 0 atom stereocenters. The topological polar surface area (TPSA) is 9.23 Å². The Labute approximate surface area is 154 Å². The van der Waals surface area contributed by atoms with Crippen molar-refractivity contribution in [3.8, 4) is 5.75 Å². The van der Waals surface area contributed by atoms with E-state index in [-0.39, 0.29) is 10.8 Å². The SMILES string of the molecule is CCc1c(C(C)(C)C)cc(C(C)(C)c2ccccc2)c(OC)c1CC. The zero-order valence-corrected chi connectivity index (χ0v) is 17.3. The van der Waals surface area contributed by atoms with Crippen molar-refractivity contribution in [1.82, 2.24) is 0 Å². The second-order valence-corrected chi connectivity index (χ2v) is 8.41. The molecule has 0 bridgehead atoms. The molecule has 0 unspecified atom stereocenters. The number of hydrogen-bond donors (Lipinski definition) is 0. The normalized spacial score (nSPS) is 12.3. The van der Waals surface area contributed by atoms with Crippen LogP contribution in [0.1, 0.15) is 76.3 Å². The van der Waals surface area contributed by atoms with Crippen LogP contribution >= 0.6 is 0 Å². The van der Waals surface area contributed by atoms with Crippen LogP contribution in [0, 0.1) is 0 Å². The van der Waals surface area contributed by atoms with Crippen LogP contribution < -0.4 is 4.74 Å². The molecule has 1 nitrogen and oxygen atoms in total. The molecule has 0 aliphatic carbocycles. The van der Waals surface area contributed by atoms with Gasteiger partial charge in [0.15, 0.2) is 0 Å². The van der Waals surface area contributed by atoms with Gasteiger partial charge in [0.2, 0.25) is 0 Å². The first-order valence-electron chi connectivity index (χ1n) is 9.47. The molecule has 0 saturated carbocycles. The van der Waals surface area contributed by atoms with Gasteiger partial charge in [0.25, 0.3) is 0 Å². The Morgan fingerprint density at radius 2 is 1.36 bits per heavy atom. The van der Waals surface area contributed by atoms with Crippen LogP contribution in [0.5, 0.6) is 5.75 Å². The van der Waals surface area contributed by atoms with E-state index in [1.807, 2.05) is 7.11 Å². The highest BCUT2D eigenvalue weighted by molar-refractivity contribution is 5.57. The predicted molar refractivity (Wildman–Crippen MR) is 109 cm³/mol. The van der Waals surface area contributed by atoms with E-state index in [1.54, 1.807) is 0 Å². The maximum absolute atomic E-state index is 5.99. The minimum atomic E-state index is -0.108. The average Bonchev–Trinajstić information content (AvgIpc) is 2.59. The molecule has 0 spiro atoms. The van der Waals surface area contributed by atoms with Crippen LogP contribution in [0.25, 0.3) is 0 Å². The Hall–Kier alpha value is -1.76. The van der Waals surface area contributed by atoms with Gasteiger partial charge in [-0.15, -0.1) is 0 Å². The molecule has 1 heteroatoms. The van der Waals surface area contributed by atoms with Crippen molar-refractivity contribution in [1.29, 1.82) is 0 Å². The van der Waals surface area contributed by atoms with Crippen LogP contribution in [0.2, 0.25) is 0 Å². The van der Waals surface area contributed by atoms with Gasteiger partial charge in [-0.2, -0.15) is 0 Å². The van der Waals surface area contributed by atoms with E-state index in [4.69, 9.17) is 4.74 Å². The fourth-order valence-electron chi connectivity index (χ4n) is 3.91. The lowest BCUT2D eigenvalue weighted by Crippen LogP contribution is -2.24. The first-order valence-corrected chi connectivity index (χ1v) is 9.47. The minimum Gasteiger partial charge on any atom is -0.496 e. The van der Waals surface area contributed by atoms with Gasteiger partial charge < -0.3 is 4.74 Å². The van der Waals surface area contributed by atoms with E-state index < -0.39 is 0 Å². The molecule has 0 saturated heterocycles. The second kappa shape index (κ2) is 7.23. The molecular formula is C24H34O. The zero-order valence-electron chi connectivity index (χ0n) is 17.3.